The maximum Gasteiger partial charge on any atom is 0.323 e. The van der Waals surface area contributed by atoms with Gasteiger partial charge in [-0.3, -0.25) is 0 Å². The third kappa shape index (κ3) is 2.88. The SMILES string of the molecule is CCC(C)CC(Br)c1cc2[nH]c(=O)[nH]c2cc1Br. The van der Waals surface area contributed by atoms with E-state index < -0.39 is 0 Å². The number of nitrogens with one attached hydrogen (secondary N) is 2. The van der Waals surface area contributed by atoms with Crippen molar-refractivity contribution in [3.05, 3.63) is 32.7 Å². The van der Waals surface area contributed by atoms with Crippen LogP contribution in [-0.2, 0) is 0 Å². The summed E-state index contributed by atoms with van der Waals surface area (Å²) in [6.45, 7) is 4.45. The van der Waals surface area contributed by atoms with E-state index in [9.17, 15) is 4.79 Å². The molecule has 2 aromatic rings. The molecule has 0 aliphatic carbocycles. The van der Waals surface area contributed by atoms with Crippen LogP contribution in [0.1, 0.15) is 37.1 Å². The standard InChI is InChI=1S/C13H16Br2N2O/c1-3-7(2)4-9(14)8-5-11-12(6-10(8)15)17-13(18)16-11/h5-7,9H,3-4H2,1-2H3,(H2,16,17,18). The lowest BCUT2D eigenvalue weighted by Crippen LogP contribution is -2.00. The summed E-state index contributed by atoms with van der Waals surface area (Å²) in [6, 6.07) is 3.98. The van der Waals surface area contributed by atoms with E-state index in [1.165, 1.54) is 12.0 Å². The Balaban J connectivity index is 2.37. The second kappa shape index (κ2) is 5.61. The third-order valence-electron chi connectivity index (χ3n) is 3.28. The van der Waals surface area contributed by atoms with Crippen LogP contribution in [0.3, 0.4) is 0 Å². The van der Waals surface area contributed by atoms with Crippen LogP contribution in [0.2, 0.25) is 0 Å². The molecule has 18 heavy (non-hydrogen) atoms. The zero-order chi connectivity index (χ0) is 13.3. The van der Waals surface area contributed by atoms with Gasteiger partial charge in [-0.25, -0.2) is 4.79 Å². The largest absolute Gasteiger partial charge is 0.323 e. The molecule has 3 nitrogen and oxygen atoms in total. The summed E-state index contributed by atoms with van der Waals surface area (Å²) in [7, 11) is 0. The monoisotopic (exact) mass is 374 g/mol. The van der Waals surface area contributed by atoms with Crippen LogP contribution in [-0.4, -0.2) is 9.97 Å². The van der Waals surface area contributed by atoms with Gasteiger partial charge >= 0.3 is 5.69 Å². The molecule has 1 aromatic carbocycles. The van der Waals surface area contributed by atoms with E-state index >= 15 is 0 Å². The Hall–Kier alpha value is -0.550. The van der Waals surface area contributed by atoms with Gasteiger partial charge in [-0.1, -0.05) is 52.1 Å². The van der Waals surface area contributed by atoms with Gasteiger partial charge in [0.05, 0.1) is 11.0 Å². The Morgan fingerprint density at radius 2 is 1.89 bits per heavy atom. The second-order valence-electron chi connectivity index (χ2n) is 4.72. The van der Waals surface area contributed by atoms with Crippen molar-refractivity contribution in [2.24, 2.45) is 5.92 Å². The fraction of sp³-hybridized carbons (Fsp3) is 0.462. The van der Waals surface area contributed by atoms with Gasteiger partial charge in [0.1, 0.15) is 0 Å². The number of benzene rings is 1. The number of aromatic nitrogens is 2. The molecule has 2 N–H and O–H groups in total. The van der Waals surface area contributed by atoms with Crippen LogP contribution >= 0.6 is 31.9 Å². The Labute approximate surface area is 123 Å². The Bertz CT molecular complexity index is 603. The number of alkyl halides is 1. The lowest BCUT2D eigenvalue weighted by Gasteiger charge is -2.16. The van der Waals surface area contributed by atoms with E-state index in [0.29, 0.717) is 10.7 Å². The molecule has 5 heteroatoms. The average Bonchev–Trinajstić information content (AvgIpc) is 2.66. The minimum absolute atomic E-state index is 0.165. The van der Waals surface area contributed by atoms with E-state index in [1.807, 2.05) is 12.1 Å². The predicted molar refractivity (Wildman–Crippen MR) is 82.4 cm³/mol. The zero-order valence-electron chi connectivity index (χ0n) is 10.4. The van der Waals surface area contributed by atoms with Gasteiger partial charge in [-0.2, -0.15) is 0 Å². The van der Waals surface area contributed by atoms with Gasteiger partial charge in [-0.15, -0.1) is 0 Å². The predicted octanol–water partition coefficient (Wildman–Crippen LogP) is 4.49. The molecule has 1 aromatic heterocycles. The van der Waals surface area contributed by atoms with Crippen molar-refractivity contribution >= 4 is 42.9 Å². The zero-order valence-corrected chi connectivity index (χ0v) is 13.6. The van der Waals surface area contributed by atoms with Gasteiger partial charge in [0.2, 0.25) is 0 Å². The molecule has 0 aliphatic heterocycles. The first kappa shape index (κ1) is 13.9. The van der Waals surface area contributed by atoms with Gasteiger partial charge in [-0.05, 0) is 30.0 Å². The van der Waals surface area contributed by atoms with Crippen molar-refractivity contribution < 1.29 is 0 Å². The van der Waals surface area contributed by atoms with Gasteiger partial charge in [0, 0.05) is 9.30 Å². The Kier molecular flexibility index (Phi) is 4.33. The lowest BCUT2D eigenvalue weighted by molar-refractivity contribution is 0.514. The fourth-order valence-electron chi connectivity index (χ4n) is 1.96. The van der Waals surface area contributed by atoms with Crippen molar-refractivity contribution in [2.75, 3.05) is 0 Å². The summed E-state index contributed by atoms with van der Waals surface area (Å²) in [6.07, 6.45) is 2.25. The normalized spacial score (nSPS) is 14.9. The first-order valence-corrected chi connectivity index (χ1v) is 7.77. The molecule has 0 saturated carbocycles. The van der Waals surface area contributed by atoms with Crippen molar-refractivity contribution in [2.45, 2.75) is 31.5 Å². The van der Waals surface area contributed by atoms with Crippen molar-refractivity contribution in [1.29, 1.82) is 0 Å². The fourth-order valence-corrected chi connectivity index (χ4v) is 3.90. The molecule has 0 aliphatic rings. The van der Waals surface area contributed by atoms with E-state index in [-0.39, 0.29) is 5.69 Å². The first-order valence-electron chi connectivity index (χ1n) is 6.06. The number of hydrogen-bond donors (Lipinski definition) is 2. The molecule has 0 amide bonds. The van der Waals surface area contributed by atoms with E-state index in [4.69, 9.17) is 0 Å². The molecule has 1 heterocycles. The molecule has 0 saturated heterocycles. The molecule has 2 rings (SSSR count). The smallest absolute Gasteiger partial charge is 0.306 e. The molecule has 98 valence electrons. The number of imidazole rings is 1. The number of fused-ring (bicyclic) bond motifs is 1. The number of H-pyrrole nitrogens is 2. The minimum atomic E-state index is -0.165. The average molecular weight is 376 g/mol. The third-order valence-corrected chi connectivity index (χ3v) is 4.83. The van der Waals surface area contributed by atoms with Crippen LogP contribution in [0, 0.1) is 5.92 Å². The van der Waals surface area contributed by atoms with Crippen molar-refractivity contribution in [3.8, 4) is 0 Å². The van der Waals surface area contributed by atoms with Crippen LogP contribution in [0.15, 0.2) is 21.4 Å². The van der Waals surface area contributed by atoms with Crippen molar-refractivity contribution in [3.63, 3.8) is 0 Å². The Morgan fingerprint density at radius 3 is 2.50 bits per heavy atom. The van der Waals surface area contributed by atoms with Gasteiger partial charge in [0.25, 0.3) is 0 Å². The highest BCUT2D eigenvalue weighted by molar-refractivity contribution is 9.11. The van der Waals surface area contributed by atoms with Crippen LogP contribution in [0.25, 0.3) is 11.0 Å². The summed E-state index contributed by atoms with van der Waals surface area (Å²) in [5.74, 6) is 0.669. The van der Waals surface area contributed by atoms with E-state index in [2.05, 4.69) is 55.7 Å². The molecule has 2 unspecified atom stereocenters. The van der Waals surface area contributed by atoms with E-state index in [0.717, 1.165) is 21.9 Å². The molecule has 2 atom stereocenters. The van der Waals surface area contributed by atoms with Crippen molar-refractivity contribution in [1.82, 2.24) is 9.97 Å². The van der Waals surface area contributed by atoms with Crippen LogP contribution in [0.5, 0.6) is 0 Å². The maximum absolute atomic E-state index is 11.3. The molecule has 0 spiro atoms. The number of hydrogen-bond acceptors (Lipinski definition) is 1. The summed E-state index contributed by atoms with van der Waals surface area (Å²) < 4.78 is 1.02. The van der Waals surface area contributed by atoms with E-state index in [1.54, 1.807) is 0 Å². The van der Waals surface area contributed by atoms with Gasteiger partial charge < -0.3 is 9.97 Å². The highest BCUT2D eigenvalue weighted by Crippen LogP contribution is 2.36. The number of aromatic amines is 2. The van der Waals surface area contributed by atoms with Crippen LogP contribution < -0.4 is 5.69 Å². The quantitative estimate of drug-likeness (QED) is 0.760. The number of halogens is 2. The van der Waals surface area contributed by atoms with Crippen LogP contribution in [0.4, 0.5) is 0 Å². The summed E-state index contributed by atoms with van der Waals surface area (Å²) in [5.41, 5.74) is 2.70. The molecule has 0 radical (unpaired) electrons. The second-order valence-corrected chi connectivity index (χ2v) is 6.67. The topological polar surface area (TPSA) is 48.6 Å². The molecular formula is C13H16Br2N2O. The van der Waals surface area contributed by atoms with Gasteiger partial charge in [0.15, 0.2) is 0 Å². The summed E-state index contributed by atoms with van der Waals surface area (Å²) in [4.78, 5) is 17.1. The number of rotatable bonds is 4. The summed E-state index contributed by atoms with van der Waals surface area (Å²) in [5, 5.41) is 0. The molecular weight excluding hydrogens is 360 g/mol. The highest BCUT2D eigenvalue weighted by atomic mass is 79.9. The first-order chi connectivity index (χ1) is 8.51. The minimum Gasteiger partial charge on any atom is -0.306 e. The maximum atomic E-state index is 11.3. The Morgan fingerprint density at radius 1 is 1.28 bits per heavy atom. The summed E-state index contributed by atoms with van der Waals surface area (Å²) >= 11 is 7.31. The molecule has 0 fully saturated rings. The highest BCUT2D eigenvalue weighted by Gasteiger charge is 2.15. The lowest BCUT2D eigenvalue weighted by atomic mass is 9.99. The molecule has 0 bridgehead atoms.